The molecule has 20 heterocycles. The number of para-hydroxylation sites is 2. The molecule has 5 unspecified atom stereocenters. The maximum Gasteiger partial charge on any atom is 0.227 e. The molecule has 5 atom stereocenters. The summed E-state index contributed by atoms with van der Waals surface area (Å²) < 4.78 is 31.3. The van der Waals surface area contributed by atoms with Crippen molar-refractivity contribution < 1.29 is 22.1 Å². The summed E-state index contributed by atoms with van der Waals surface area (Å²) in [6.07, 6.45) is 20.2. The van der Waals surface area contributed by atoms with E-state index in [2.05, 4.69) is 363 Å². The van der Waals surface area contributed by atoms with Gasteiger partial charge in [-0.2, -0.15) is 0 Å². The second-order valence-electron chi connectivity index (χ2n) is 37.3. The molecule has 0 radical (unpaired) electrons. The lowest BCUT2D eigenvalue weighted by molar-refractivity contribution is 0.597. The summed E-state index contributed by atoms with van der Waals surface area (Å²) >= 11 is 0. The van der Waals surface area contributed by atoms with Gasteiger partial charge in [-0.1, -0.05) is 97.1 Å². The van der Waals surface area contributed by atoms with E-state index in [-0.39, 0.29) is 30.8 Å². The van der Waals surface area contributed by atoms with Crippen molar-refractivity contribution >= 4 is 208 Å². The van der Waals surface area contributed by atoms with Crippen molar-refractivity contribution in [1.29, 1.82) is 0 Å². The maximum atomic E-state index is 6.29. The van der Waals surface area contributed by atoms with Crippen LogP contribution < -0.4 is 49.0 Å². The third-order valence-electron chi connectivity index (χ3n) is 27.9. The van der Waals surface area contributed by atoms with Crippen molar-refractivity contribution in [3.05, 3.63) is 327 Å². The Morgan fingerprint density at radius 3 is 0.823 bits per heavy atom. The summed E-state index contributed by atoms with van der Waals surface area (Å²) in [5, 5.41) is 10.6. The van der Waals surface area contributed by atoms with Gasteiger partial charge >= 0.3 is 0 Å². The monoisotopic (exact) mass is 1860 g/mol. The summed E-state index contributed by atoms with van der Waals surface area (Å²) in [5.41, 5.74) is 25.4. The van der Waals surface area contributed by atoms with Gasteiger partial charge in [0.2, 0.25) is 28.6 Å². The molecule has 0 saturated carbocycles. The molecule has 700 valence electrons. The van der Waals surface area contributed by atoms with Crippen LogP contribution in [0.4, 0.5) is 97.5 Å². The maximum absolute atomic E-state index is 6.29. The molecule has 26 heteroatoms. The molecule has 15 aromatic heterocycles. The van der Waals surface area contributed by atoms with Crippen molar-refractivity contribution in [2.24, 2.45) is 0 Å². The molecule has 27 rings (SSSR count). The predicted octanol–water partition coefficient (Wildman–Crippen LogP) is 28.2. The van der Waals surface area contributed by atoms with Crippen molar-refractivity contribution in [1.82, 2.24) is 54.8 Å². The second kappa shape index (κ2) is 35.2. The number of rotatable bonds is 10. The number of hydrogen-bond acceptors (Lipinski definition) is 26. The van der Waals surface area contributed by atoms with Crippen LogP contribution in [-0.2, 0) is 0 Å². The number of aromatic nitrogens is 11. The highest BCUT2D eigenvalue weighted by Gasteiger charge is 2.45. The molecule has 141 heavy (non-hydrogen) atoms. The van der Waals surface area contributed by atoms with Gasteiger partial charge in [0.15, 0.2) is 62.8 Å². The number of anilines is 17. The fraction of sp³-hybridized carbons (Fsp3) is 0.209. The lowest BCUT2D eigenvalue weighted by atomic mass is 10.1. The van der Waals surface area contributed by atoms with Gasteiger partial charge in [0.25, 0.3) is 0 Å². The van der Waals surface area contributed by atoms with Gasteiger partial charge in [-0.25, -0.2) is 54.8 Å². The summed E-state index contributed by atoms with van der Waals surface area (Å²) in [4.78, 5) is 73.4. The Balaban J connectivity index is 0.0000000982. The van der Waals surface area contributed by atoms with E-state index in [1.165, 1.54) is 5.56 Å². The molecule has 0 spiro atoms. The van der Waals surface area contributed by atoms with Crippen LogP contribution in [0.3, 0.4) is 0 Å². The van der Waals surface area contributed by atoms with Crippen LogP contribution in [0.2, 0.25) is 0 Å². The zero-order valence-electron chi connectivity index (χ0n) is 81.3. The van der Waals surface area contributed by atoms with Crippen LogP contribution in [0, 0.1) is 34.6 Å². The van der Waals surface area contributed by atoms with Crippen LogP contribution in [-0.4, -0.2) is 104 Å². The largest absolute Gasteiger partial charge is 0.435 e. The first kappa shape index (κ1) is 88.0. The standard InChI is InChI=1S/2C25H20N4O.2C22H22N4O.C21H21N5O/c1-16-12-13-19-20-10-6-15-27-25(20)30-23(19)22(16)29-17(2)28(18-8-4-3-5-9-18)24-21(29)11-7-14-26-24;1-16-12-13-19-20-10-6-15-27-25(20)30-23(19)22(16)29-17(2)28(18-8-4-3-5-9-18)21-11-7-14-26-24(21)29;1-13(2)25-15(4)26(18-8-6-11-23-21(18)25)19-14(3)9-10-16-17-7-5-12-24-22(17)27-20(16)19;1-13(2)25-15(4)26(21-18(25)8-6-11-23-21)19-14(3)9-10-16-17-7-5-12-24-22(17)27-20(16)19;1-12(2)25-14(4)26(20-19(25)22-10-11-23-20)17-13(3)7-8-15-16-6-5-9-24-21(16)27-18(15)17/h2*3-15,17H,1-2H3;2*5-13,15H,1-4H3;5-12,14H,1-4H3. The molecule has 5 aliphatic heterocycles. The number of pyridine rings is 9. The van der Waals surface area contributed by atoms with Crippen LogP contribution in [0.1, 0.15) is 104 Å². The molecule has 0 amide bonds. The first-order chi connectivity index (χ1) is 68.7. The minimum atomic E-state index is 0.0303. The molecule has 0 saturated heterocycles. The van der Waals surface area contributed by atoms with Crippen LogP contribution in [0.15, 0.2) is 321 Å². The van der Waals surface area contributed by atoms with E-state index in [1.54, 1.807) is 43.4 Å². The molecule has 0 N–H and O–H groups in total. The molecular formula is C115H105N21O5. The smallest absolute Gasteiger partial charge is 0.227 e. The summed E-state index contributed by atoms with van der Waals surface area (Å²) in [6, 6.07) is 79.8. The quantitative estimate of drug-likeness (QED) is 0.124. The first-order valence-corrected chi connectivity index (χ1v) is 48.2. The normalized spacial score (nSPS) is 16.3. The number of fused-ring (bicyclic) bond motifs is 20. The molecule has 22 aromatic rings. The number of nitrogens with zero attached hydrogens (tertiary/aromatic N) is 21. The third kappa shape index (κ3) is 14.4. The van der Waals surface area contributed by atoms with Crippen LogP contribution >= 0.6 is 0 Å². The van der Waals surface area contributed by atoms with Gasteiger partial charge in [-0.05, 0) is 272 Å². The summed E-state index contributed by atoms with van der Waals surface area (Å²) in [6.45, 7) is 34.9. The Hall–Kier alpha value is -17.0. The zero-order valence-corrected chi connectivity index (χ0v) is 81.3. The molecule has 5 aliphatic rings. The average Bonchev–Trinajstić information content (AvgIpc) is 1.59. The zero-order chi connectivity index (χ0) is 96.6. The molecular weight excluding hydrogens is 1760 g/mol. The van der Waals surface area contributed by atoms with Crippen molar-refractivity contribution in [3.8, 4) is 0 Å². The van der Waals surface area contributed by atoms with E-state index in [9.17, 15) is 0 Å². The highest BCUT2D eigenvalue weighted by atomic mass is 16.4. The topological polar surface area (TPSA) is 240 Å². The molecule has 7 aromatic carbocycles. The van der Waals surface area contributed by atoms with E-state index in [1.807, 2.05) is 91.5 Å². The Labute approximate surface area is 815 Å². The van der Waals surface area contributed by atoms with Gasteiger partial charge in [0.1, 0.15) is 30.8 Å². The number of hydrogen-bond donors (Lipinski definition) is 0. The Morgan fingerprint density at radius 1 is 0.199 bits per heavy atom. The number of benzene rings is 7. The number of aryl methyl sites for hydroxylation is 5. The van der Waals surface area contributed by atoms with Gasteiger partial charge in [-0.3, -0.25) is 9.80 Å². The van der Waals surface area contributed by atoms with E-state index in [4.69, 9.17) is 37.0 Å². The first-order valence-electron chi connectivity index (χ1n) is 48.2. The van der Waals surface area contributed by atoms with E-state index in [0.29, 0.717) is 46.7 Å². The van der Waals surface area contributed by atoms with Crippen LogP contribution in [0.5, 0.6) is 0 Å². The highest BCUT2D eigenvalue weighted by Crippen LogP contribution is 2.56. The van der Waals surface area contributed by atoms with Gasteiger partial charge in [0.05, 0.1) is 51.2 Å². The summed E-state index contributed by atoms with van der Waals surface area (Å²) in [5.74, 6) is 5.64. The summed E-state index contributed by atoms with van der Waals surface area (Å²) in [7, 11) is 0. The Morgan fingerprint density at radius 2 is 0.447 bits per heavy atom. The lowest BCUT2D eigenvalue weighted by Crippen LogP contribution is -2.42. The molecule has 0 aliphatic carbocycles. The van der Waals surface area contributed by atoms with E-state index < -0.39 is 0 Å². The van der Waals surface area contributed by atoms with Crippen molar-refractivity contribution in [2.45, 2.75) is 160 Å². The minimum Gasteiger partial charge on any atom is -0.435 e. The lowest BCUT2D eigenvalue weighted by Gasteiger charge is -2.33. The van der Waals surface area contributed by atoms with Gasteiger partial charge < -0.3 is 61.3 Å². The molecule has 26 nitrogen and oxygen atoms in total. The van der Waals surface area contributed by atoms with Crippen molar-refractivity contribution in [3.63, 3.8) is 0 Å². The molecule has 0 fully saturated rings. The Bertz CT molecular complexity index is 7910. The third-order valence-corrected chi connectivity index (χ3v) is 27.9. The van der Waals surface area contributed by atoms with Gasteiger partial charge in [-0.15, -0.1) is 0 Å². The van der Waals surface area contributed by atoms with Crippen LogP contribution in [0.25, 0.3) is 110 Å². The fourth-order valence-electron chi connectivity index (χ4n) is 21.9. The number of furan rings is 5. The minimum absolute atomic E-state index is 0.0303. The SMILES string of the molecule is Cc1ccc2c(oc3ncccc32)c1N1c2cccnc2N(C(C)C)C1C.Cc1ccc2c(oc3ncccc32)c1N1c2cccnc2N(c2ccccc2)C1C.Cc1ccc2c(oc3ncccc32)c1N1c2ncccc2N(C(C)C)C1C.Cc1ccc2c(oc3ncccc32)c1N1c2ncccc2N(c2ccccc2)C1C.Cc1ccc2c(oc3ncccc32)c1N1c2nccnc2N(C(C)C)C1C. The average molecular weight is 1860 g/mol. The van der Waals surface area contributed by atoms with Gasteiger partial charge in [0, 0.05) is 152 Å². The van der Waals surface area contributed by atoms with Crippen molar-refractivity contribution in [2.75, 3.05) is 49.0 Å². The van der Waals surface area contributed by atoms with E-state index >= 15 is 0 Å². The fourth-order valence-corrected chi connectivity index (χ4v) is 21.9. The highest BCUT2D eigenvalue weighted by molar-refractivity contribution is 6.15. The second-order valence-corrected chi connectivity index (χ2v) is 37.3. The Kier molecular flexibility index (Phi) is 22.0. The predicted molar refractivity (Wildman–Crippen MR) is 568 cm³/mol. The van der Waals surface area contributed by atoms with E-state index in [0.717, 1.165) is 201 Å². The molecule has 0 bridgehead atoms.